The smallest absolute Gasteiger partial charge is 0.232 e. The average molecular weight is 1110 g/mol. The van der Waals surface area contributed by atoms with Crippen molar-refractivity contribution in [3.63, 3.8) is 0 Å². The van der Waals surface area contributed by atoms with Crippen LogP contribution in [0.2, 0.25) is 0 Å². The van der Waals surface area contributed by atoms with Gasteiger partial charge in [-0.15, -0.1) is 0 Å². The van der Waals surface area contributed by atoms with E-state index in [1.165, 1.54) is 0 Å². The normalized spacial score (nSPS) is 11.9. The Hall–Kier alpha value is -12.2. The van der Waals surface area contributed by atoms with Crippen LogP contribution in [0.1, 0.15) is 5.56 Å². The fourth-order valence-electron chi connectivity index (χ4n) is 14.3. The van der Waals surface area contributed by atoms with Crippen molar-refractivity contribution in [1.29, 1.82) is 5.26 Å². The molecule has 7 nitrogen and oxygen atoms in total. The summed E-state index contributed by atoms with van der Waals surface area (Å²) in [6.45, 7) is 9.83. The van der Waals surface area contributed by atoms with Crippen LogP contribution in [0.25, 0.3) is 170 Å². The molecular formula is C80H46N6O. The molecule has 5 aromatic heterocycles. The van der Waals surface area contributed by atoms with E-state index in [4.69, 9.17) is 9.26 Å². The Morgan fingerprint density at radius 2 is 0.621 bits per heavy atom. The van der Waals surface area contributed by atoms with Crippen LogP contribution in [-0.2, 0) is 0 Å². The van der Waals surface area contributed by atoms with Crippen molar-refractivity contribution < 1.29 is 4.42 Å². The summed E-state index contributed by atoms with van der Waals surface area (Å²) >= 11 is 0. The third kappa shape index (κ3) is 6.97. The van der Waals surface area contributed by atoms with Gasteiger partial charge in [-0.2, -0.15) is 5.26 Å². The number of furan rings is 1. The highest BCUT2D eigenvalue weighted by molar-refractivity contribution is 6.20. The number of hydrogen-bond donors (Lipinski definition) is 0. The van der Waals surface area contributed by atoms with E-state index in [2.05, 4.69) is 279 Å². The standard InChI is InChI=1S/C80H46N6O/c1-82-76-65(48-81)77(86-69-35-19-14-30-58(69)63-47-75-64(46-73(63)86)59-31-15-20-36-74(59)87-75)79(84-67-33-17-12-28-56(67)61-44-53(38-41-71(61)84)50-23-7-3-8-24-50)80(85-68-34-18-13-29-57(68)62-45-54(39-42-72(62)85)51-25-9-4-10-26-51)78(76)83-66-32-16-11-27-55(66)60-43-52(37-40-70(60)83)49-21-5-2-6-22-49/h2-47H. The molecule has 13 aromatic carbocycles. The molecule has 0 saturated carbocycles. The zero-order valence-corrected chi connectivity index (χ0v) is 46.6. The predicted molar refractivity (Wildman–Crippen MR) is 358 cm³/mol. The highest BCUT2D eigenvalue weighted by Crippen LogP contribution is 2.53. The zero-order chi connectivity index (χ0) is 57.4. The monoisotopic (exact) mass is 1110 g/mol. The van der Waals surface area contributed by atoms with Gasteiger partial charge in [-0.05, 0) is 112 Å². The summed E-state index contributed by atoms with van der Waals surface area (Å²) in [5.74, 6) is 0. The lowest BCUT2D eigenvalue weighted by Crippen LogP contribution is -2.15. The number of aromatic nitrogens is 4. The molecule has 0 aliphatic rings. The van der Waals surface area contributed by atoms with Crippen molar-refractivity contribution in [2.45, 2.75) is 0 Å². The first kappa shape index (κ1) is 48.4. The molecular weight excluding hydrogens is 1060 g/mol. The van der Waals surface area contributed by atoms with Crippen LogP contribution < -0.4 is 0 Å². The third-order valence-electron chi connectivity index (χ3n) is 18.0. The molecule has 402 valence electrons. The SMILES string of the molecule is [C-]#[N+]c1c(C#N)c(-n2c3ccccc3c3cc4oc5ccccc5c4cc32)c(-n2c3ccccc3c3cc(-c4ccccc4)ccc32)c(-n2c3ccccc3c3cc(-c4ccccc4)ccc32)c1-n1c2ccccc2c2cc(-c3ccccc3)ccc21. The minimum absolute atomic E-state index is 0.223. The molecule has 0 amide bonds. The topological polar surface area (TPSA) is 61.0 Å². The Morgan fingerprint density at radius 3 is 1.05 bits per heavy atom. The van der Waals surface area contributed by atoms with Crippen LogP contribution in [0.15, 0.2) is 283 Å². The van der Waals surface area contributed by atoms with E-state index in [1.807, 2.05) is 24.3 Å². The van der Waals surface area contributed by atoms with Gasteiger partial charge in [0.25, 0.3) is 0 Å². The fraction of sp³-hybridized carbons (Fsp3) is 0. The second-order valence-electron chi connectivity index (χ2n) is 22.5. The van der Waals surface area contributed by atoms with E-state index in [1.54, 1.807) is 0 Å². The second kappa shape index (κ2) is 18.7. The molecule has 0 spiro atoms. The van der Waals surface area contributed by atoms with Crippen molar-refractivity contribution in [3.8, 4) is 62.2 Å². The molecule has 0 atom stereocenters. The minimum atomic E-state index is 0.223. The first-order valence-electron chi connectivity index (χ1n) is 29.2. The summed E-state index contributed by atoms with van der Waals surface area (Å²) in [4.78, 5) is 4.72. The van der Waals surface area contributed by atoms with Crippen LogP contribution in [0.5, 0.6) is 0 Å². The molecule has 0 aliphatic carbocycles. The Kier molecular flexibility index (Phi) is 10.4. The molecule has 87 heavy (non-hydrogen) atoms. The third-order valence-corrected chi connectivity index (χ3v) is 18.0. The van der Waals surface area contributed by atoms with E-state index in [0.717, 1.165) is 154 Å². The van der Waals surface area contributed by atoms with E-state index in [-0.39, 0.29) is 11.3 Å². The predicted octanol–water partition coefficient (Wildman–Crippen LogP) is 21.4. The van der Waals surface area contributed by atoms with Gasteiger partial charge in [0.15, 0.2) is 0 Å². The highest BCUT2D eigenvalue weighted by Gasteiger charge is 2.35. The molecule has 18 rings (SSSR count). The fourth-order valence-corrected chi connectivity index (χ4v) is 14.3. The van der Waals surface area contributed by atoms with E-state index in [0.29, 0.717) is 11.4 Å². The Morgan fingerprint density at radius 1 is 0.276 bits per heavy atom. The number of nitrogens with zero attached hydrogens (tertiary/aromatic N) is 6. The summed E-state index contributed by atoms with van der Waals surface area (Å²) in [5, 5.41) is 22.8. The molecule has 0 aliphatic heterocycles. The van der Waals surface area contributed by atoms with Gasteiger partial charge in [-0.1, -0.05) is 200 Å². The second-order valence-corrected chi connectivity index (χ2v) is 22.5. The van der Waals surface area contributed by atoms with Crippen LogP contribution >= 0.6 is 0 Å². The maximum absolute atomic E-state index is 12.6. The molecule has 7 heteroatoms. The van der Waals surface area contributed by atoms with Crippen molar-refractivity contribution in [3.05, 3.63) is 296 Å². The number of para-hydroxylation sites is 5. The van der Waals surface area contributed by atoms with Gasteiger partial charge in [0.1, 0.15) is 11.2 Å². The number of hydrogen-bond acceptors (Lipinski definition) is 2. The van der Waals surface area contributed by atoms with Gasteiger partial charge >= 0.3 is 0 Å². The summed E-state index contributed by atoms with van der Waals surface area (Å²) in [6, 6.07) is 101. The van der Waals surface area contributed by atoms with Crippen LogP contribution in [-0.4, -0.2) is 18.3 Å². The Balaban J connectivity index is 1.12. The number of benzene rings is 13. The molecule has 0 fully saturated rings. The largest absolute Gasteiger partial charge is 0.456 e. The lowest BCUT2D eigenvalue weighted by molar-refractivity contribution is 0.669. The Bertz CT molecular complexity index is 6020. The molecule has 0 saturated heterocycles. The molecule has 0 unspecified atom stereocenters. The van der Waals surface area contributed by atoms with Crippen LogP contribution in [0.3, 0.4) is 0 Å². The molecule has 0 N–H and O–H groups in total. The van der Waals surface area contributed by atoms with Crippen molar-refractivity contribution in [2.24, 2.45) is 0 Å². The summed E-state index contributed by atoms with van der Waals surface area (Å²) in [6.07, 6.45) is 0. The molecule has 0 radical (unpaired) electrons. The Labute approximate surface area is 498 Å². The molecule has 5 heterocycles. The van der Waals surface area contributed by atoms with Crippen molar-refractivity contribution >= 4 is 115 Å². The summed E-state index contributed by atoms with van der Waals surface area (Å²) in [5.41, 5.74) is 18.5. The van der Waals surface area contributed by atoms with Gasteiger partial charge in [-0.25, -0.2) is 4.85 Å². The van der Waals surface area contributed by atoms with E-state index < -0.39 is 0 Å². The van der Waals surface area contributed by atoms with E-state index in [9.17, 15) is 11.8 Å². The van der Waals surface area contributed by atoms with Crippen LogP contribution in [0.4, 0.5) is 5.69 Å². The van der Waals surface area contributed by atoms with Crippen LogP contribution in [0, 0.1) is 17.9 Å². The number of nitriles is 1. The molecule has 0 bridgehead atoms. The van der Waals surface area contributed by atoms with Crippen molar-refractivity contribution in [2.75, 3.05) is 0 Å². The maximum atomic E-state index is 12.6. The van der Waals surface area contributed by atoms with Gasteiger partial charge in [0.05, 0.1) is 85.1 Å². The lowest BCUT2D eigenvalue weighted by atomic mass is 10.0. The molecule has 18 aromatic rings. The summed E-state index contributed by atoms with van der Waals surface area (Å²) < 4.78 is 16.0. The van der Waals surface area contributed by atoms with Gasteiger partial charge in [0.2, 0.25) is 5.69 Å². The quantitative estimate of drug-likeness (QED) is 0.149. The highest BCUT2D eigenvalue weighted by atomic mass is 16.3. The van der Waals surface area contributed by atoms with E-state index >= 15 is 0 Å². The first-order valence-corrected chi connectivity index (χ1v) is 29.2. The summed E-state index contributed by atoms with van der Waals surface area (Å²) in [7, 11) is 0. The lowest BCUT2D eigenvalue weighted by Gasteiger charge is -2.28. The van der Waals surface area contributed by atoms with Gasteiger partial charge in [0, 0.05) is 53.9 Å². The first-order chi connectivity index (χ1) is 43.1. The van der Waals surface area contributed by atoms with Crippen molar-refractivity contribution in [1.82, 2.24) is 18.3 Å². The van der Waals surface area contributed by atoms with Gasteiger partial charge in [-0.3, -0.25) is 0 Å². The number of rotatable bonds is 7. The maximum Gasteiger partial charge on any atom is 0.232 e. The average Bonchev–Trinajstić information content (AvgIpc) is 1.76. The number of fused-ring (bicyclic) bond motifs is 15. The minimum Gasteiger partial charge on any atom is -0.456 e. The zero-order valence-electron chi connectivity index (χ0n) is 46.6. The van der Waals surface area contributed by atoms with Gasteiger partial charge < -0.3 is 22.7 Å².